The number of aliphatic hydroxyl groups is 1. The van der Waals surface area contributed by atoms with E-state index in [4.69, 9.17) is 0 Å². The van der Waals surface area contributed by atoms with Gasteiger partial charge in [0.05, 0.1) is 12.1 Å². The van der Waals surface area contributed by atoms with Crippen LogP contribution in [0.2, 0.25) is 0 Å². The molecule has 1 aliphatic rings. The van der Waals surface area contributed by atoms with E-state index in [1.807, 2.05) is 54.6 Å². The summed E-state index contributed by atoms with van der Waals surface area (Å²) < 4.78 is 0. The van der Waals surface area contributed by atoms with Gasteiger partial charge in [-0.15, -0.1) is 0 Å². The number of aromatic nitrogens is 1. The minimum Gasteiger partial charge on any atom is -0.390 e. The van der Waals surface area contributed by atoms with E-state index in [-0.39, 0.29) is 5.56 Å². The Morgan fingerprint density at radius 1 is 1.00 bits per heavy atom. The molecule has 0 fully saturated rings. The molecule has 0 saturated heterocycles. The van der Waals surface area contributed by atoms with Crippen LogP contribution >= 0.6 is 0 Å². The first-order chi connectivity index (χ1) is 12.6. The Morgan fingerprint density at radius 2 is 1.73 bits per heavy atom. The monoisotopic (exact) mass is 346 g/mol. The number of benzene rings is 2. The lowest BCUT2D eigenvalue weighted by atomic mass is 10.1. The van der Waals surface area contributed by atoms with Crippen molar-refractivity contribution < 1.29 is 9.90 Å². The highest BCUT2D eigenvalue weighted by atomic mass is 16.3. The number of pyridine rings is 1. The number of aliphatic hydroxyl groups excluding tert-OH is 1. The summed E-state index contributed by atoms with van der Waals surface area (Å²) in [5.41, 5.74) is 3.00. The fourth-order valence-electron chi connectivity index (χ4n) is 3.41. The van der Waals surface area contributed by atoms with Gasteiger partial charge in [0.15, 0.2) is 0 Å². The second kappa shape index (κ2) is 6.61. The zero-order chi connectivity index (χ0) is 18.1. The molecule has 130 valence electrons. The van der Waals surface area contributed by atoms with Gasteiger partial charge in [0.2, 0.25) is 0 Å². The second-order valence-corrected chi connectivity index (χ2v) is 6.40. The molecular formula is C21H18N2O3. The molecule has 2 unspecified atom stereocenters. The summed E-state index contributed by atoms with van der Waals surface area (Å²) in [4.78, 5) is 27.7. The Labute approximate surface area is 150 Å². The molecule has 5 heteroatoms. The largest absolute Gasteiger partial charge is 0.390 e. The van der Waals surface area contributed by atoms with Crippen LogP contribution in [0.4, 0.5) is 0 Å². The van der Waals surface area contributed by atoms with Crippen LogP contribution in [-0.2, 0) is 6.42 Å². The number of aromatic amines is 1. The molecule has 0 spiro atoms. The van der Waals surface area contributed by atoms with Crippen molar-refractivity contribution in [3.05, 3.63) is 93.8 Å². The van der Waals surface area contributed by atoms with Gasteiger partial charge in [-0.05, 0) is 28.8 Å². The number of carbonyl (C=O) groups excluding carboxylic acids is 1. The summed E-state index contributed by atoms with van der Waals surface area (Å²) in [5.74, 6) is -0.494. The standard InChI is InChI=1S/C21H18N2O3/c24-18-12-14-8-4-5-9-15(14)19(18)23-21(26)16-10-11-17(22-20(16)25)13-6-2-1-3-7-13/h1-11,18-19,24H,12H2,(H,22,25)(H,23,26). The maximum atomic E-state index is 12.6. The normalized spacial score (nSPS) is 18.3. The van der Waals surface area contributed by atoms with Crippen LogP contribution in [0.3, 0.4) is 0 Å². The van der Waals surface area contributed by atoms with Crippen molar-refractivity contribution in [2.24, 2.45) is 0 Å². The smallest absolute Gasteiger partial charge is 0.261 e. The number of fused-ring (bicyclic) bond motifs is 1. The zero-order valence-corrected chi connectivity index (χ0v) is 14.0. The molecule has 4 rings (SSSR count). The van der Waals surface area contributed by atoms with Crippen LogP contribution < -0.4 is 10.9 Å². The summed E-state index contributed by atoms with van der Waals surface area (Å²) in [6.07, 6.45) is -0.205. The number of nitrogens with one attached hydrogen (secondary N) is 2. The number of H-pyrrole nitrogens is 1. The maximum Gasteiger partial charge on any atom is 0.261 e. The molecule has 2 aromatic carbocycles. The van der Waals surface area contributed by atoms with Gasteiger partial charge in [0.1, 0.15) is 5.56 Å². The number of hydrogen-bond donors (Lipinski definition) is 3. The number of carbonyl (C=O) groups is 1. The van der Waals surface area contributed by atoms with E-state index in [1.165, 1.54) is 6.07 Å². The third kappa shape index (κ3) is 2.93. The molecule has 1 amide bonds. The average Bonchev–Trinajstić information content (AvgIpc) is 2.98. The molecule has 1 heterocycles. The lowest BCUT2D eigenvalue weighted by Gasteiger charge is -2.17. The summed E-state index contributed by atoms with van der Waals surface area (Å²) in [7, 11) is 0. The fraction of sp³-hybridized carbons (Fsp3) is 0.143. The van der Waals surface area contributed by atoms with Crippen molar-refractivity contribution in [3.63, 3.8) is 0 Å². The van der Waals surface area contributed by atoms with E-state index < -0.39 is 23.6 Å². The van der Waals surface area contributed by atoms with E-state index in [0.29, 0.717) is 12.1 Å². The topological polar surface area (TPSA) is 82.2 Å². The van der Waals surface area contributed by atoms with Crippen LogP contribution in [0.15, 0.2) is 71.5 Å². The van der Waals surface area contributed by atoms with Crippen LogP contribution in [0, 0.1) is 0 Å². The Hall–Kier alpha value is -3.18. The first-order valence-electron chi connectivity index (χ1n) is 8.49. The molecular weight excluding hydrogens is 328 g/mol. The molecule has 0 aliphatic heterocycles. The van der Waals surface area contributed by atoms with Crippen molar-refractivity contribution in [1.82, 2.24) is 10.3 Å². The van der Waals surface area contributed by atoms with Gasteiger partial charge < -0.3 is 15.4 Å². The molecule has 0 radical (unpaired) electrons. The maximum absolute atomic E-state index is 12.6. The van der Waals surface area contributed by atoms with E-state index in [1.54, 1.807) is 6.07 Å². The third-order valence-corrected chi connectivity index (χ3v) is 4.73. The predicted molar refractivity (Wildman–Crippen MR) is 98.9 cm³/mol. The van der Waals surface area contributed by atoms with E-state index in [0.717, 1.165) is 16.7 Å². The first-order valence-corrected chi connectivity index (χ1v) is 8.49. The molecule has 1 aliphatic carbocycles. The summed E-state index contributed by atoms with van der Waals surface area (Å²) in [6, 6.07) is 19.8. The van der Waals surface area contributed by atoms with Gasteiger partial charge in [0.25, 0.3) is 11.5 Å². The molecule has 5 nitrogen and oxygen atoms in total. The van der Waals surface area contributed by atoms with Crippen LogP contribution in [0.25, 0.3) is 11.3 Å². The van der Waals surface area contributed by atoms with Crippen LogP contribution in [0.1, 0.15) is 27.5 Å². The van der Waals surface area contributed by atoms with Crippen molar-refractivity contribution in [2.45, 2.75) is 18.6 Å². The number of hydrogen-bond acceptors (Lipinski definition) is 3. The van der Waals surface area contributed by atoms with Crippen LogP contribution in [0.5, 0.6) is 0 Å². The summed E-state index contributed by atoms with van der Waals surface area (Å²) >= 11 is 0. The average molecular weight is 346 g/mol. The number of rotatable bonds is 3. The van der Waals surface area contributed by atoms with Crippen molar-refractivity contribution in [1.29, 1.82) is 0 Å². The van der Waals surface area contributed by atoms with Gasteiger partial charge in [-0.3, -0.25) is 9.59 Å². The Morgan fingerprint density at radius 3 is 2.50 bits per heavy atom. The Bertz CT molecular complexity index is 1010. The molecule has 0 bridgehead atoms. The minimum absolute atomic E-state index is 0.0289. The SMILES string of the molecule is O=C(NC1c2ccccc2CC1O)c1ccc(-c2ccccc2)[nH]c1=O. The van der Waals surface area contributed by atoms with Gasteiger partial charge in [-0.25, -0.2) is 0 Å². The van der Waals surface area contributed by atoms with Crippen molar-refractivity contribution >= 4 is 5.91 Å². The van der Waals surface area contributed by atoms with E-state index in [9.17, 15) is 14.7 Å². The van der Waals surface area contributed by atoms with Gasteiger partial charge >= 0.3 is 0 Å². The molecule has 26 heavy (non-hydrogen) atoms. The highest BCUT2D eigenvalue weighted by Crippen LogP contribution is 2.31. The minimum atomic E-state index is -0.695. The van der Waals surface area contributed by atoms with Crippen molar-refractivity contribution in [3.8, 4) is 11.3 Å². The van der Waals surface area contributed by atoms with E-state index in [2.05, 4.69) is 10.3 Å². The molecule has 2 atom stereocenters. The summed E-state index contributed by atoms with van der Waals surface area (Å²) in [5, 5.41) is 13.1. The molecule has 3 aromatic rings. The molecule has 3 N–H and O–H groups in total. The second-order valence-electron chi connectivity index (χ2n) is 6.40. The quantitative estimate of drug-likeness (QED) is 0.681. The molecule has 1 aromatic heterocycles. The lowest BCUT2D eigenvalue weighted by molar-refractivity contribution is 0.0856. The highest BCUT2D eigenvalue weighted by Gasteiger charge is 2.32. The van der Waals surface area contributed by atoms with Crippen LogP contribution in [-0.4, -0.2) is 22.1 Å². The third-order valence-electron chi connectivity index (χ3n) is 4.73. The van der Waals surface area contributed by atoms with Crippen molar-refractivity contribution in [2.75, 3.05) is 0 Å². The van der Waals surface area contributed by atoms with Gasteiger partial charge in [-0.1, -0.05) is 54.6 Å². The van der Waals surface area contributed by atoms with Gasteiger partial charge in [-0.2, -0.15) is 0 Å². The zero-order valence-electron chi connectivity index (χ0n) is 14.0. The fourth-order valence-corrected chi connectivity index (χ4v) is 3.41. The first kappa shape index (κ1) is 16.3. The highest BCUT2D eigenvalue weighted by molar-refractivity contribution is 5.94. The van der Waals surface area contributed by atoms with E-state index >= 15 is 0 Å². The molecule has 0 saturated carbocycles. The Balaban J connectivity index is 1.59. The number of amides is 1. The summed E-state index contributed by atoms with van der Waals surface area (Å²) in [6.45, 7) is 0. The predicted octanol–water partition coefficient (Wildman–Crippen LogP) is 2.43. The lowest BCUT2D eigenvalue weighted by Crippen LogP contribution is -2.36. The van der Waals surface area contributed by atoms with Gasteiger partial charge in [0, 0.05) is 12.1 Å². The Kier molecular flexibility index (Phi) is 4.14.